The van der Waals surface area contributed by atoms with Crippen molar-refractivity contribution in [1.29, 1.82) is 0 Å². The van der Waals surface area contributed by atoms with Crippen LogP contribution in [-0.2, 0) is 4.79 Å². The fourth-order valence-electron chi connectivity index (χ4n) is 1.32. The summed E-state index contributed by atoms with van der Waals surface area (Å²) < 4.78 is 0.850. The molecular formula is C12H11ClN2O2S2. The quantitative estimate of drug-likeness (QED) is 0.669. The molecule has 0 aliphatic carbocycles. The first kappa shape index (κ1) is 14.2. The Hall–Kier alpha value is -1.24. The Kier molecular flexibility index (Phi) is 4.68. The van der Waals surface area contributed by atoms with Crippen LogP contribution in [-0.4, -0.2) is 21.8 Å². The Bertz CT molecular complexity index is 601. The number of anilines is 1. The molecule has 0 fully saturated rings. The van der Waals surface area contributed by atoms with E-state index in [4.69, 9.17) is 11.6 Å². The number of rotatable bonds is 4. The van der Waals surface area contributed by atoms with Crippen molar-refractivity contribution in [2.75, 3.05) is 11.1 Å². The lowest BCUT2D eigenvalue weighted by molar-refractivity contribution is -0.113. The van der Waals surface area contributed by atoms with Gasteiger partial charge in [-0.15, -0.1) is 11.3 Å². The molecule has 1 heterocycles. The molecule has 0 aliphatic heterocycles. The monoisotopic (exact) mass is 314 g/mol. The number of hydrogen-bond donors (Lipinski definition) is 2. The van der Waals surface area contributed by atoms with Gasteiger partial charge >= 0.3 is 0 Å². The highest BCUT2D eigenvalue weighted by Gasteiger charge is 2.09. The van der Waals surface area contributed by atoms with Crippen LogP contribution in [0.25, 0.3) is 0 Å². The lowest BCUT2D eigenvalue weighted by Gasteiger charge is -2.06. The molecule has 100 valence electrons. The van der Waals surface area contributed by atoms with Gasteiger partial charge in [-0.3, -0.25) is 4.79 Å². The van der Waals surface area contributed by atoms with Crippen LogP contribution in [0.5, 0.6) is 5.75 Å². The second-order valence-corrected chi connectivity index (χ2v) is 6.27. The van der Waals surface area contributed by atoms with Crippen LogP contribution in [0.2, 0.25) is 5.02 Å². The lowest BCUT2D eigenvalue weighted by atomic mass is 10.3. The third-order valence-corrected chi connectivity index (χ3v) is 4.53. The second kappa shape index (κ2) is 6.27. The van der Waals surface area contributed by atoms with E-state index >= 15 is 0 Å². The van der Waals surface area contributed by atoms with Crippen molar-refractivity contribution < 1.29 is 9.90 Å². The van der Waals surface area contributed by atoms with Crippen LogP contribution in [0.1, 0.15) is 5.69 Å². The number of phenolic OH excluding ortho intramolecular Hbond substituents is 1. The molecule has 2 N–H and O–H groups in total. The second-order valence-electron chi connectivity index (χ2n) is 3.75. The topological polar surface area (TPSA) is 62.2 Å². The first-order valence-corrected chi connectivity index (χ1v) is 7.62. The molecule has 0 saturated heterocycles. The van der Waals surface area contributed by atoms with Gasteiger partial charge in [-0.25, -0.2) is 4.98 Å². The SMILES string of the molecule is Cc1csc(SCC(=O)Nc2cc(Cl)ccc2O)n1. The number of carbonyl (C=O) groups excluding carboxylic acids is 1. The van der Waals surface area contributed by atoms with Crippen molar-refractivity contribution in [2.24, 2.45) is 0 Å². The number of aryl methyl sites for hydroxylation is 1. The van der Waals surface area contributed by atoms with Crippen LogP contribution in [0, 0.1) is 6.92 Å². The number of halogens is 1. The first-order valence-electron chi connectivity index (χ1n) is 5.38. The summed E-state index contributed by atoms with van der Waals surface area (Å²) in [6.07, 6.45) is 0. The molecule has 1 aromatic carbocycles. The third-order valence-electron chi connectivity index (χ3n) is 2.16. The van der Waals surface area contributed by atoms with E-state index in [1.54, 1.807) is 6.07 Å². The van der Waals surface area contributed by atoms with E-state index in [0.29, 0.717) is 10.7 Å². The zero-order valence-electron chi connectivity index (χ0n) is 10.0. The van der Waals surface area contributed by atoms with E-state index in [-0.39, 0.29) is 17.4 Å². The molecular weight excluding hydrogens is 304 g/mol. The number of benzene rings is 1. The minimum atomic E-state index is -0.213. The Morgan fingerprint density at radius 1 is 1.58 bits per heavy atom. The Morgan fingerprint density at radius 2 is 2.37 bits per heavy atom. The molecule has 1 amide bonds. The van der Waals surface area contributed by atoms with Gasteiger partial charge in [-0.05, 0) is 25.1 Å². The number of aromatic nitrogens is 1. The molecule has 0 saturated carbocycles. The predicted molar refractivity (Wildman–Crippen MR) is 79.3 cm³/mol. The van der Waals surface area contributed by atoms with Gasteiger partial charge in [0, 0.05) is 16.1 Å². The summed E-state index contributed by atoms with van der Waals surface area (Å²) in [6, 6.07) is 4.50. The molecule has 0 atom stereocenters. The van der Waals surface area contributed by atoms with Gasteiger partial charge in [0.25, 0.3) is 0 Å². The number of nitrogens with zero attached hydrogens (tertiary/aromatic N) is 1. The lowest BCUT2D eigenvalue weighted by Crippen LogP contribution is -2.14. The minimum Gasteiger partial charge on any atom is -0.506 e. The summed E-state index contributed by atoms with van der Waals surface area (Å²) in [5, 5.41) is 14.6. The number of nitrogens with one attached hydrogen (secondary N) is 1. The molecule has 7 heteroatoms. The van der Waals surface area contributed by atoms with Gasteiger partial charge in [0.2, 0.25) is 5.91 Å². The molecule has 4 nitrogen and oxygen atoms in total. The van der Waals surface area contributed by atoms with Crippen LogP contribution >= 0.6 is 34.7 Å². The Morgan fingerprint density at radius 3 is 3.05 bits per heavy atom. The number of carbonyl (C=O) groups is 1. The zero-order chi connectivity index (χ0) is 13.8. The van der Waals surface area contributed by atoms with Crippen LogP contribution in [0.4, 0.5) is 5.69 Å². The summed E-state index contributed by atoms with van der Waals surface area (Å²) in [7, 11) is 0. The van der Waals surface area contributed by atoms with Gasteiger partial charge in [-0.2, -0.15) is 0 Å². The van der Waals surface area contributed by atoms with Gasteiger partial charge in [0.15, 0.2) is 4.34 Å². The van der Waals surface area contributed by atoms with Crippen molar-refractivity contribution in [1.82, 2.24) is 4.98 Å². The van der Waals surface area contributed by atoms with E-state index in [1.807, 2.05) is 12.3 Å². The summed E-state index contributed by atoms with van der Waals surface area (Å²) in [4.78, 5) is 16.0. The molecule has 2 aromatic rings. The van der Waals surface area contributed by atoms with Crippen LogP contribution < -0.4 is 5.32 Å². The summed E-state index contributed by atoms with van der Waals surface area (Å²) in [5.74, 6) is 0.0158. The van der Waals surface area contributed by atoms with Gasteiger partial charge < -0.3 is 10.4 Å². The van der Waals surface area contributed by atoms with Gasteiger partial charge in [0.1, 0.15) is 5.75 Å². The van der Waals surface area contributed by atoms with Gasteiger partial charge in [0.05, 0.1) is 11.4 Å². The maximum absolute atomic E-state index is 11.7. The number of thioether (sulfide) groups is 1. The average Bonchev–Trinajstić information content (AvgIpc) is 2.77. The van der Waals surface area contributed by atoms with E-state index in [0.717, 1.165) is 10.0 Å². The van der Waals surface area contributed by atoms with E-state index < -0.39 is 0 Å². The highest BCUT2D eigenvalue weighted by atomic mass is 35.5. The number of phenols is 1. The highest BCUT2D eigenvalue weighted by Crippen LogP contribution is 2.27. The summed E-state index contributed by atoms with van der Waals surface area (Å²) >= 11 is 8.66. The summed E-state index contributed by atoms with van der Waals surface area (Å²) in [6.45, 7) is 1.91. The van der Waals surface area contributed by atoms with Crippen molar-refractivity contribution >= 4 is 46.3 Å². The highest BCUT2D eigenvalue weighted by molar-refractivity contribution is 8.01. The number of thiazole rings is 1. The number of amides is 1. The Balaban J connectivity index is 1.92. The van der Waals surface area contributed by atoms with Crippen molar-refractivity contribution in [3.05, 3.63) is 34.3 Å². The minimum absolute atomic E-state index is 0.00663. The molecule has 19 heavy (non-hydrogen) atoms. The predicted octanol–water partition coefficient (Wildman–Crippen LogP) is 3.54. The summed E-state index contributed by atoms with van der Waals surface area (Å²) in [5.41, 5.74) is 1.26. The zero-order valence-corrected chi connectivity index (χ0v) is 12.4. The van der Waals surface area contributed by atoms with E-state index in [2.05, 4.69) is 10.3 Å². The van der Waals surface area contributed by atoms with E-state index in [1.165, 1.54) is 35.2 Å². The molecule has 0 aliphatic rings. The van der Waals surface area contributed by atoms with Crippen LogP contribution in [0.15, 0.2) is 27.9 Å². The molecule has 0 bridgehead atoms. The molecule has 0 spiro atoms. The fraction of sp³-hybridized carbons (Fsp3) is 0.167. The van der Waals surface area contributed by atoms with Crippen LogP contribution in [0.3, 0.4) is 0 Å². The van der Waals surface area contributed by atoms with Crippen molar-refractivity contribution in [3.63, 3.8) is 0 Å². The van der Waals surface area contributed by atoms with Gasteiger partial charge in [-0.1, -0.05) is 23.4 Å². The largest absolute Gasteiger partial charge is 0.506 e. The average molecular weight is 315 g/mol. The molecule has 0 unspecified atom stereocenters. The normalized spacial score (nSPS) is 10.4. The molecule has 2 rings (SSSR count). The van der Waals surface area contributed by atoms with E-state index in [9.17, 15) is 9.90 Å². The van der Waals surface area contributed by atoms with Crippen molar-refractivity contribution in [3.8, 4) is 5.75 Å². The first-order chi connectivity index (χ1) is 9.04. The Labute approximate surface area is 123 Å². The number of aromatic hydroxyl groups is 1. The standard InChI is InChI=1S/C12H11ClN2O2S2/c1-7-5-18-12(14-7)19-6-11(17)15-9-4-8(13)2-3-10(9)16/h2-5,16H,6H2,1H3,(H,15,17). The maximum Gasteiger partial charge on any atom is 0.234 e. The smallest absolute Gasteiger partial charge is 0.234 e. The molecule has 0 radical (unpaired) electrons. The number of hydrogen-bond acceptors (Lipinski definition) is 5. The third kappa shape index (κ3) is 4.12. The molecule has 1 aromatic heterocycles. The van der Waals surface area contributed by atoms with Crippen molar-refractivity contribution in [2.45, 2.75) is 11.3 Å². The fourth-order valence-corrected chi connectivity index (χ4v) is 3.14. The maximum atomic E-state index is 11.7.